The Hall–Kier alpha value is -4.41. The summed E-state index contributed by atoms with van der Waals surface area (Å²) in [5.41, 5.74) is -1.02. The summed E-state index contributed by atoms with van der Waals surface area (Å²) in [6.07, 6.45) is 1.09. The molecule has 4 aromatic rings. The van der Waals surface area contributed by atoms with Crippen molar-refractivity contribution in [1.82, 2.24) is 28.4 Å². The number of carbonyl (C=O) groups is 2. The van der Waals surface area contributed by atoms with Crippen molar-refractivity contribution in [2.24, 2.45) is 7.05 Å². The lowest BCUT2D eigenvalue weighted by Crippen LogP contribution is -2.59. The van der Waals surface area contributed by atoms with Crippen molar-refractivity contribution in [3.05, 3.63) is 90.4 Å². The number of carbonyl (C=O) groups excluding carboxylic acids is 2. The average Bonchev–Trinajstić information content (AvgIpc) is 3.43. The van der Waals surface area contributed by atoms with Crippen LogP contribution >= 0.6 is 39.1 Å². The summed E-state index contributed by atoms with van der Waals surface area (Å²) >= 11 is 17.4. The molecule has 4 atom stereocenters. The molecule has 1 saturated carbocycles. The first-order valence-electron chi connectivity index (χ1n) is 15.3. The number of phenols is 1. The van der Waals surface area contributed by atoms with Gasteiger partial charge in [-0.1, -0.05) is 34.1 Å². The minimum absolute atomic E-state index is 0.0855. The monoisotopic (exact) mass is 792 g/mol. The minimum atomic E-state index is -2.23. The van der Waals surface area contributed by atoms with E-state index in [2.05, 4.69) is 20.9 Å². The van der Waals surface area contributed by atoms with E-state index in [1.807, 2.05) is 0 Å². The van der Waals surface area contributed by atoms with Gasteiger partial charge >= 0.3 is 11.4 Å². The molecular weight excluding hydrogens is 766 g/mol. The standard InChI is InChI=1S/C32H28BrCl2FN6O8/c1-38-20-12-23(50-3)22(49-2)11-19(20)37-18(26(38)44)8-9-39-29(47)41-10-7-15-21(42(41)30(39)48)13-31(34)27(45)40(14-33)28(46)32(31,35)24(15)16-5-4-6-17(36)25(16)43/h4-7,11-12,21,24,43H,8-10,13-14H2,1-3H3/t21-,24-,31-,32+/m1/s1. The molecule has 2 aromatic heterocycles. The first kappa shape index (κ1) is 34.1. The maximum absolute atomic E-state index is 14.8. The topological polar surface area (TPSA) is 160 Å². The van der Waals surface area contributed by atoms with Crippen LogP contribution in [0.1, 0.15) is 29.6 Å². The number of amides is 2. The van der Waals surface area contributed by atoms with Crippen LogP contribution < -0.4 is 26.4 Å². The van der Waals surface area contributed by atoms with Crippen molar-refractivity contribution in [2.75, 3.05) is 19.7 Å². The van der Waals surface area contributed by atoms with Gasteiger partial charge < -0.3 is 19.1 Å². The van der Waals surface area contributed by atoms with Crippen LogP contribution in [0.15, 0.2) is 56.4 Å². The number of benzene rings is 2. The van der Waals surface area contributed by atoms with E-state index < -0.39 is 62.0 Å². The van der Waals surface area contributed by atoms with Gasteiger partial charge in [0.2, 0.25) is 0 Å². The quantitative estimate of drug-likeness (QED) is 0.128. The molecule has 2 amide bonds. The van der Waals surface area contributed by atoms with Crippen molar-refractivity contribution in [3.8, 4) is 17.2 Å². The third kappa shape index (κ3) is 4.43. The van der Waals surface area contributed by atoms with Crippen LogP contribution in [0.3, 0.4) is 0 Å². The smallest absolute Gasteiger partial charge is 0.347 e. The molecule has 7 rings (SSSR count). The number of aryl methyl sites for hydroxylation is 2. The molecule has 3 aliphatic rings. The Balaban J connectivity index is 1.32. The Kier molecular flexibility index (Phi) is 8.07. The molecule has 0 spiro atoms. The molecule has 1 N–H and O–H groups in total. The molecule has 18 heteroatoms. The van der Waals surface area contributed by atoms with Gasteiger partial charge in [-0.2, -0.15) is 0 Å². The fourth-order valence-electron chi connectivity index (χ4n) is 7.45. The third-order valence-electron chi connectivity index (χ3n) is 9.91. The van der Waals surface area contributed by atoms with Crippen molar-refractivity contribution in [3.63, 3.8) is 0 Å². The normalized spacial score (nSPS) is 24.2. The highest BCUT2D eigenvalue weighted by Gasteiger charge is 2.75. The molecule has 2 aliphatic heterocycles. The van der Waals surface area contributed by atoms with Crippen LogP contribution in [0, 0.1) is 5.82 Å². The van der Waals surface area contributed by atoms with E-state index in [1.165, 1.54) is 30.9 Å². The number of aromatic hydroxyl groups is 1. The fraction of sp³-hybridized carbons (Fsp3) is 0.375. The molecule has 4 heterocycles. The van der Waals surface area contributed by atoms with E-state index in [1.54, 1.807) is 25.3 Å². The van der Waals surface area contributed by atoms with Gasteiger partial charge in [-0.25, -0.2) is 32.9 Å². The second-order valence-electron chi connectivity index (χ2n) is 12.2. The largest absolute Gasteiger partial charge is 0.505 e. The Bertz CT molecular complexity index is 2370. The van der Waals surface area contributed by atoms with E-state index in [-0.39, 0.29) is 42.6 Å². The van der Waals surface area contributed by atoms with E-state index >= 15 is 0 Å². The molecule has 50 heavy (non-hydrogen) atoms. The summed E-state index contributed by atoms with van der Waals surface area (Å²) in [6.45, 7) is -0.397. The van der Waals surface area contributed by atoms with Crippen molar-refractivity contribution >= 4 is 62.0 Å². The first-order valence-corrected chi connectivity index (χ1v) is 17.1. The number of halogens is 4. The predicted molar refractivity (Wildman–Crippen MR) is 182 cm³/mol. The van der Waals surface area contributed by atoms with Crippen molar-refractivity contribution in [2.45, 2.75) is 47.6 Å². The highest BCUT2D eigenvalue weighted by molar-refractivity contribution is 9.09. The number of ether oxygens (including phenoxy) is 2. The highest BCUT2D eigenvalue weighted by Crippen LogP contribution is 2.64. The number of para-hydroxylation sites is 1. The second-order valence-corrected chi connectivity index (χ2v) is 14.0. The number of methoxy groups -OCH3 is 2. The van der Waals surface area contributed by atoms with E-state index in [0.717, 1.165) is 24.9 Å². The van der Waals surface area contributed by atoms with Gasteiger partial charge in [0.1, 0.15) is 5.69 Å². The van der Waals surface area contributed by atoms with Gasteiger partial charge in [-0.3, -0.25) is 19.3 Å². The number of allylic oxidation sites excluding steroid dienone is 2. The molecule has 1 saturated heterocycles. The Morgan fingerprint density at radius 3 is 2.44 bits per heavy atom. The lowest BCUT2D eigenvalue weighted by molar-refractivity contribution is -0.138. The predicted octanol–water partition coefficient (Wildman–Crippen LogP) is 2.51. The lowest BCUT2D eigenvalue weighted by atomic mass is 9.64. The van der Waals surface area contributed by atoms with Crippen molar-refractivity contribution in [1.29, 1.82) is 0 Å². The first-order chi connectivity index (χ1) is 23.7. The molecule has 0 radical (unpaired) electrons. The molecule has 2 fully saturated rings. The average molecular weight is 794 g/mol. The van der Waals surface area contributed by atoms with E-state index in [9.17, 15) is 33.5 Å². The van der Waals surface area contributed by atoms with Gasteiger partial charge in [-0.15, -0.1) is 23.2 Å². The van der Waals surface area contributed by atoms with Gasteiger partial charge in [0.15, 0.2) is 32.8 Å². The number of fused-ring (bicyclic) bond motifs is 5. The number of likely N-dealkylation sites (tertiary alicyclic amines) is 1. The van der Waals surface area contributed by atoms with Crippen molar-refractivity contribution < 1.29 is 28.6 Å². The van der Waals surface area contributed by atoms with Crippen LogP contribution in [0.5, 0.6) is 17.2 Å². The lowest BCUT2D eigenvalue weighted by Gasteiger charge is -2.49. The van der Waals surface area contributed by atoms with Crippen LogP contribution in [0.2, 0.25) is 0 Å². The van der Waals surface area contributed by atoms with Gasteiger partial charge in [0.05, 0.1) is 43.3 Å². The molecule has 0 bridgehead atoms. The SMILES string of the molecule is COc1cc2nc(CCn3c(=O)n4n(c3=O)[C@@H]3C[C@@]5(Cl)C(=O)N(CBr)C(=O)[C@@]5(Cl)[C@@H](c5cccc(F)c5O)C3=CC4)c(=O)n(C)c2cc1OC. The maximum Gasteiger partial charge on any atom is 0.347 e. The summed E-state index contributed by atoms with van der Waals surface area (Å²) < 4.78 is 30.1. The zero-order chi connectivity index (χ0) is 36.0. The summed E-state index contributed by atoms with van der Waals surface area (Å²) in [7, 11) is 4.50. The minimum Gasteiger partial charge on any atom is -0.505 e. The summed E-state index contributed by atoms with van der Waals surface area (Å²) in [4.78, 5) is 69.7. The number of alkyl halides is 3. The zero-order valence-electron chi connectivity index (χ0n) is 26.7. The zero-order valence-corrected chi connectivity index (χ0v) is 29.8. The molecule has 1 aliphatic carbocycles. The third-order valence-corrected chi connectivity index (χ3v) is 11.8. The number of rotatable bonds is 7. The van der Waals surface area contributed by atoms with Gasteiger partial charge in [0, 0.05) is 50.0 Å². The Labute approximate surface area is 299 Å². The van der Waals surface area contributed by atoms with E-state index in [4.69, 9.17) is 32.7 Å². The molecule has 2 aromatic carbocycles. The van der Waals surface area contributed by atoms with Crippen LogP contribution in [0.25, 0.3) is 11.0 Å². The van der Waals surface area contributed by atoms with Crippen LogP contribution in [0.4, 0.5) is 4.39 Å². The summed E-state index contributed by atoms with van der Waals surface area (Å²) in [6, 6.07) is 5.82. The highest BCUT2D eigenvalue weighted by atomic mass is 79.9. The Morgan fingerprint density at radius 2 is 1.76 bits per heavy atom. The molecule has 262 valence electrons. The molecule has 0 unspecified atom stereocenters. The number of hydrogen-bond donors (Lipinski definition) is 1. The number of imide groups is 1. The van der Waals surface area contributed by atoms with Crippen LogP contribution in [-0.2, 0) is 36.1 Å². The number of hydrogen-bond acceptors (Lipinski definition) is 9. The fourth-order valence-corrected chi connectivity index (χ4v) is 8.85. The van der Waals surface area contributed by atoms with Gasteiger partial charge in [0.25, 0.3) is 17.4 Å². The number of nitrogens with zero attached hydrogens (tertiary/aromatic N) is 6. The summed E-state index contributed by atoms with van der Waals surface area (Å²) in [5, 5.41) is 10.9. The van der Waals surface area contributed by atoms with E-state index in [0.29, 0.717) is 28.1 Å². The maximum atomic E-state index is 14.8. The van der Waals surface area contributed by atoms with Gasteiger partial charge in [-0.05, 0) is 11.6 Å². The number of aromatic nitrogens is 5. The second kappa shape index (κ2) is 11.8. The van der Waals surface area contributed by atoms with Crippen LogP contribution in [-0.4, -0.2) is 74.7 Å². The number of phenolic OH excluding ortho intramolecular Hbond substituents is 1. The molecule has 14 nitrogen and oxygen atoms in total. The molecular formula is C32H28BrCl2FN6O8. The Morgan fingerprint density at radius 1 is 1.06 bits per heavy atom. The summed E-state index contributed by atoms with van der Waals surface area (Å²) in [5.74, 6) is -4.09.